The number of nitrogens with two attached hydrogens (primary N) is 1. The molecule has 0 fully saturated rings. The lowest BCUT2D eigenvalue weighted by molar-refractivity contribution is 0.521. The first-order valence-electron chi connectivity index (χ1n) is 6.57. The summed E-state index contributed by atoms with van der Waals surface area (Å²) in [7, 11) is 0. The zero-order valence-corrected chi connectivity index (χ0v) is 12.2. The molecule has 2 nitrogen and oxygen atoms in total. The number of fused-ring (bicyclic) bond motifs is 1. The summed E-state index contributed by atoms with van der Waals surface area (Å²) in [5, 5.41) is 1.78. The van der Waals surface area contributed by atoms with Crippen molar-refractivity contribution in [2.75, 3.05) is 0 Å². The molecule has 0 bridgehead atoms. The molecule has 0 spiro atoms. The van der Waals surface area contributed by atoms with Crippen molar-refractivity contribution < 1.29 is 4.42 Å². The Morgan fingerprint density at radius 2 is 1.85 bits per heavy atom. The van der Waals surface area contributed by atoms with Gasteiger partial charge in [-0.25, -0.2) is 0 Å². The van der Waals surface area contributed by atoms with Gasteiger partial charge in [-0.2, -0.15) is 0 Å². The number of furan rings is 1. The number of benzene rings is 2. The Morgan fingerprint density at radius 1 is 1.10 bits per heavy atom. The lowest BCUT2D eigenvalue weighted by Crippen LogP contribution is -2.12. The van der Waals surface area contributed by atoms with E-state index in [1.165, 1.54) is 5.56 Å². The lowest BCUT2D eigenvalue weighted by Gasteiger charge is -2.12. The smallest absolute Gasteiger partial charge is 0.134 e. The van der Waals surface area contributed by atoms with Crippen LogP contribution in [-0.4, -0.2) is 0 Å². The minimum atomic E-state index is -0.351. The van der Waals surface area contributed by atoms with E-state index in [2.05, 4.69) is 13.0 Å². The molecule has 20 heavy (non-hydrogen) atoms. The number of aryl methyl sites for hydroxylation is 2. The average molecular weight is 286 g/mol. The van der Waals surface area contributed by atoms with Gasteiger partial charge in [0.05, 0.1) is 6.04 Å². The van der Waals surface area contributed by atoms with E-state index < -0.39 is 0 Å². The van der Waals surface area contributed by atoms with E-state index in [9.17, 15) is 0 Å². The Hall–Kier alpha value is -1.77. The first-order valence-corrected chi connectivity index (χ1v) is 6.95. The third-order valence-electron chi connectivity index (χ3n) is 3.65. The van der Waals surface area contributed by atoms with Gasteiger partial charge in [-0.15, -0.1) is 0 Å². The van der Waals surface area contributed by atoms with E-state index in [1.807, 2.05) is 43.3 Å². The fourth-order valence-electron chi connectivity index (χ4n) is 2.52. The zero-order chi connectivity index (χ0) is 14.3. The summed E-state index contributed by atoms with van der Waals surface area (Å²) in [6.07, 6.45) is 0. The van der Waals surface area contributed by atoms with Crippen LogP contribution in [0, 0.1) is 13.8 Å². The zero-order valence-electron chi connectivity index (χ0n) is 11.5. The summed E-state index contributed by atoms with van der Waals surface area (Å²) in [5.41, 5.74) is 10.4. The molecular formula is C17H16ClNO. The average Bonchev–Trinajstić information content (AvgIpc) is 2.76. The molecule has 3 rings (SSSR count). The molecule has 2 aromatic carbocycles. The highest BCUT2D eigenvalue weighted by molar-refractivity contribution is 6.31. The summed E-state index contributed by atoms with van der Waals surface area (Å²) < 4.78 is 5.94. The van der Waals surface area contributed by atoms with Crippen LogP contribution < -0.4 is 5.73 Å². The molecule has 2 N–H and O–H groups in total. The largest absolute Gasteiger partial charge is 0.459 e. The fraction of sp³-hybridized carbons (Fsp3) is 0.176. The number of halogens is 1. The van der Waals surface area contributed by atoms with Crippen LogP contribution >= 0.6 is 11.6 Å². The van der Waals surface area contributed by atoms with E-state index >= 15 is 0 Å². The van der Waals surface area contributed by atoms with E-state index in [1.54, 1.807) is 0 Å². The molecule has 1 atom stereocenters. The molecular weight excluding hydrogens is 270 g/mol. The van der Waals surface area contributed by atoms with Gasteiger partial charge in [0.15, 0.2) is 0 Å². The molecule has 0 amide bonds. The lowest BCUT2D eigenvalue weighted by atomic mass is 10.0. The normalized spacial score (nSPS) is 12.8. The van der Waals surface area contributed by atoms with Crippen molar-refractivity contribution in [1.29, 1.82) is 0 Å². The van der Waals surface area contributed by atoms with Gasteiger partial charge in [-0.3, -0.25) is 0 Å². The maximum atomic E-state index is 6.34. The predicted molar refractivity (Wildman–Crippen MR) is 83.2 cm³/mol. The number of rotatable bonds is 2. The fourth-order valence-corrected chi connectivity index (χ4v) is 2.77. The summed E-state index contributed by atoms with van der Waals surface area (Å²) >= 11 is 6.22. The highest BCUT2D eigenvalue weighted by Crippen LogP contribution is 2.34. The topological polar surface area (TPSA) is 39.2 Å². The van der Waals surface area contributed by atoms with Crippen LogP contribution in [0.5, 0.6) is 0 Å². The standard InChI is InChI=1S/C17H16ClNO/c1-10-7-8-15-13(9-10)11(2)17(20-15)16(19)12-5-3-4-6-14(12)18/h3-9,16H,19H2,1-2H3. The molecule has 0 aliphatic heterocycles. The molecule has 3 heteroatoms. The van der Waals surface area contributed by atoms with Gasteiger partial charge in [0.2, 0.25) is 0 Å². The van der Waals surface area contributed by atoms with Crippen molar-refractivity contribution in [2.45, 2.75) is 19.9 Å². The van der Waals surface area contributed by atoms with Crippen LogP contribution in [0.2, 0.25) is 5.02 Å². The van der Waals surface area contributed by atoms with Gasteiger partial charge in [-0.05, 0) is 37.6 Å². The van der Waals surface area contributed by atoms with Gasteiger partial charge >= 0.3 is 0 Å². The van der Waals surface area contributed by atoms with Crippen molar-refractivity contribution in [3.05, 3.63) is 69.9 Å². The van der Waals surface area contributed by atoms with Crippen LogP contribution in [0.4, 0.5) is 0 Å². The van der Waals surface area contributed by atoms with Gasteiger partial charge in [-0.1, -0.05) is 41.4 Å². The van der Waals surface area contributed by atoms with Crippen LogP contribution in [0.25, 0.3) is 11.0 Å². The predicted octanol–water partition coefficient (Wildman–Crippen LogP) is 4.75. The quantitative estimate of drug-likeness (QED) is 0.738. The van der Waals surface area contributed by atoms with Gasteiger partial charge in [0.25, 0.3) is 0 Å². The Balaban J connectivity index is 2.15. The molecule has 0 saturated carbocycles. The highest BCUT2D eigenvalue weighted by atomic mass is 35.5. The van der Waals surface area contributed by atoms with E-state index in [4.69, 9.17) is 21.8 Å². The molecule has 0 saturated heterocycles. The molecule has 0 aliphatic rings. The second-order valence-corrected chi connectivity index (χ2v) is 5.50. The van der Waals surface area contributed by atoms with E-state index in [0.29, 0.717) is 5.02 Å². The first kappa shape index (κ1) is 13.2. The number of hydrogen-bond donors (Lipinski definition) is 1. The minimum Gasteiger partial charge on any atom is -0.459 e. The van der Waals surface area contributed by atoms with Gasteiger partial charge < -0.3 is 10.2 Å². The molecule has 1 heterocycles. The maximum absolute atomic E-state index is 6.34. The highest BCUT2D eigenvalue weighted by Gasteiger charge is 2.20. The molecule has 0 radical (unpaired) electrons. The Kier molecular flexibility index (Phi) is 3.28. The summed E-state index contributed by atoms with van der Waals surface area (Å²) in [5.74, 6) is 0.777. The first-order chi connectivity index (χ1) is 9.58. The van der Waals surface area contributed by atoms with Crippen LogP contribution in [0.3, 0.4) is 0 Å². The van der Waals surface area contributed by atoms with E-state index in [0.717, 1.165) is 27.9 Å². The van der Waals surface area contributed by atoms with Crippen molar-refractivity contribution in [2.24, 2.45) is 5.73 Å². The Morgan fingerprint density at radius 3 is 2.60 bits per heavy atom. The van der Waals surface area contributed by atoms with Crippen LogP contribution in [-0.2, 0) is 0 Å². The molecule has 1 unspecified atom stereocenters. The van der Waals surface area contributed by atoms with Gasteiger partial charge in [0, 0.05) is 16.0 Å². The van der Waals surface area contributed by atoms with Crippen molar-refractivity contribution in [1.82, 2.24) is 0 Å². The number of hydrogen-bond acceptors (Lipinski definition) is 2. The minimum absolute atomic E-state index is 0.351. The SMILES string of the molecule is Cc1ccc2oc(C(N)c3ccccc3Cl)c(C)c2c1. The maximum Gasteiger partial charge on any atom is 0.134 e. The van der Waals surface area contributed by atoms with Gasteiger partial charge in [0.1, 0.15) is 11.3 Å². The van der Waals surface area contributed by atoms with Crippen molar-refractivity contribution in [3.63, 3.8) is 0 Å². The second kappa shape index (κ2) is 4.97. The van der Waals surface area contributed by atoms with Crippen molar-refractivity contribution in [3.8, 4) is 0 Å². The third kappa shape index (κ3) is 2.11. The Bertz CT molecular complexity index is 776. The molecule has 0 aliphatic carbocycles. The molecule has 1 aromatic heterocycles. The monoisotopic (exact) mass is 285 g/mol. The molecule has 3 aromatic rings. The summed E-state index contributed by atoms with van der Waals surface area (Å²) in [6.45, 7) is 4.11. The van der Waals surface area contributed by atoms with Crippen LogP contribution in [0.15, 0.2) is 46.9 Å². The van der Waals surface area contributed by atoms with E-state index in [-0.39, 0.29) is 6.04 Å². The Labute approximate surface area is 123 Å². The molecule has 102 valence electrons. The summed E-state index contributed by atoms with van der Waals surface area (Å²) in [6, 6.07) is 13.4. The van der Waals surface area contributed by atoms with Crippen molar-refractivity contribution >= 4 is 22.6 Å². The van der Waals surface area contributed by atoms with Crippen LogP contribution in [0.1, 0.15) is 28.5 Å². The second-order valence-electron chi connectivity index (χ2n) is 5.09. The summed E-state index contributed by atoms with van der Waals surface area (Å²) in [4.78, 5) is 0. The third-order valence-corrected chi connectivity index (χ3v) is 4.00.